The van der Waals surface area contributed by atoms with Gasteiger partial charge in [0.2, 0.25) is 0 Å². The van der Waals surface area contributed by atoms with Crippen molar-refractivity contribution in [3.05, 3.63) is 35.9 Å². The molecule has 7 nitrogen and oxygen atoms in total. The SMILES string of the molecule is Cn1cnc(CNc2cccc(C(=O)O)c2N)n1. The number of para-hydroxylation sites is 1. The predicted octanol–water partition coefficient (Wildman–Crippen LogP) is 0.708. The third kappa shape index (κ3) is 2.40. The van der Waals surface area contributed by atoms with Gasteiger partial charge in [-0.15, -0.1) is 0 Å². The van der Waals surface area contributed by atoms with Crippen molar-refractivity contribution in [3.63, 3.8) is 0 Å². The van der Waals surface area contributed by atoms with Gasteiger partial charge in [-0.3, -0.25) is 4.68 Å². The van der Waals surface area contributed by atoms with E-state index in [4.69, 9.17) is 10.8 Å². The Morgan fingerprint density at radius 2 is 2.33 bits per heavy atom. The maximum absolute atomic E-state index is 10.9. The van der Waals surface area contributed by atoms with Gasteiger partial charge in [-0.1, -0.05) is 6.07 Å². The number of benzene rings is 1. The fourth-order valence-corrected chi connectivity index (χ4v) is 1.55. The minimum absolute atomic E-state index is 0.0778. The molecule has 4 N–H and O–H groups in total. The number of carboxylic acids is 1. The molecule has 0 aliphatic carbocycles. The number of hydrogen-bond donors (Lipinski definition) is 3. The molecule has 1 aromatic heterocycles. The number of rotatable bonds is 4. The highest BCUT2D eigenvalue weighted by atomic mass is 16.4. The zero-order valence-electron chi connectivity index (χ0n) is 9.79. The van der Waals surface area contributed by atoms with Crippen LogP contribution in [-0.4, -0.2) is 25.8 Å². The third-order valence-corrected chi connectivity index (χ3v) is 2.42. The average molecular weight is 247 g/mol. The van der Waals surface area contributed by atoms with Crippen LogP contribution < -0.4 is 11.1 Å². The molecule has 0 radical (unpaired) electrons. The highest BCUT2D eigenvalue weighted by molar-refractivity contribution is 5.97. The van der Waals surface area contributed by atoms with Crippen molar-refractivity contribution in [1.82, 2.24) is 14.8 Å². The Hall–Kier alpha value is -2.57. The molecule has 0 fully saturated rings. The number of aromatic carboxylic acids is 1. The van der Waals surface area contributed by atoms with E-state index in [-0.39, 0.29) is 11.3 Å². The lowest BCUT2D eigenvalue weighted by molar-refractivity contribution is 0.0698. The Morgan fingerprint density at radius 1 is 1.56 bits per heavy atom. The van der Waals surface area contributed by atoms with E-state index >= 15 is 0 Å². The van der Waals surface area contributed by atoms with Crippen molar-refractivity contribution >= 4 is 17.3 Å². The van der Waals surface area contributed by atoms with Crippen LogP contribution in [0.15, 0.2) is 24.5 Å². The van der Waals surface area contributed by atoms with Gasteiger partial charge in [-0.25, -0.2) is 9.78 Å². The molecule has 1 aromatic carbocycles. The number of hydrogen-bond acceptors (Lipinski definition) is 5. The molecule has 0 unspecified atom stereocenters. The van der Waals surface area contributed by atoms with Crippen molar-refractivity contribution in [3.8, 4) is 0 Å². The quantitative estimate of drug-likeness (QED) is 0.687. The van der Waals surface area contributed by atoms with Crippen LogP contribution in [0.2, 0.25) is 0 Å². The van der Waals surface area contributed by atoms with E-state index in [1.807, 2.05) is 0 Å². The van der Waals surface area contributed by atoms with E-state index in [1.54, 1.807) is 30.2 Å². The number of nitrogens with two attached hydrogens (primary N) is 1. The van der Waals surface area contributed by atoms with Gasteiger partial charge in [0.1, 0.15) is 6.33 Å². The number of carboxylic acid groups (broad SMARTS) is 1. The Labute approximate surface area is 103 Å². The monoisotopic (exact) mass is 247 g/mol. The zero-order valence-corrected chi connectivity index (χ0v) is 9.79. The van der Waals surface area contributed by atoms with Crippen LogP contribution in [0.25, 0.3) is 0 Å². The lowest BCUT2D eigenvalue weighted by Gasteiger charge is -2.09. The minimum atomic E-state index is -1.05. The molecular formula is C11H13N5O2. The lowest BCUT2D eigenvalue weighted by atomic mass is 10.1. The van der Waals surface area contributed by atoms with E-state index in [9.17, 15) is 4.79 Å². The van der Waals surface area contributed by atoms with Crippen LogP contribution in [0.5, 0.6) is 0 Å². The first-order valence-corrected chi connectivity index (χ1v) is 5.28. The molecule has 1 heterocycles. The lowest BCUT2D eigenvalue weighted by Crippen LogP contribution is -2.08. The van der Waals surface area contributed by atoms with E-state index in [2.05, 4.69) is 15.4 Å². The number of nitrogens with zero attached hydrogens (tertiary/aromatic N) is 3. The van der Waals surface area contributed by atoms with E-state index in [0.717, 1.165) is 0 Å². The Kier molecular flexibility index (Phi) is 3.13. The molecule has 2 rings (SSSR count). The maximum Gasteiger partial charge on any atom is 0.337 e. The van der Waals surface area contributed by atoms with E-state index in [1.165, 1.54) is 6.07 Å². The fraction of sp³-hybridized carbons (Fsp3) is 0.182. The molecule has 0 saturated carbocycles. The second-order valence-electron chi connectivity index (χ2n) is 3.76. The summed E-state index contributed by atoms with van der Waals surface area (Å²) in [6, 6.07) is 4.81. The number of carbonyl (C=O) groups is 1. The summed E-state index contributed by atoms with van der Waals surface area (Å²) in [7, 11) is 1.77. The zero-order chi connectivity index (χ0) is 13.1. The molecular weight excluding hydrogens is 234 g/mol. The van der Waals surface area contributed by atoms with Gasteiger partial charge in [-0.05, 0) is 12.1 Å². The van der Waals surface area contributed by atoms with Crippen molar-refractivity contribution in [2.75, 3.05) is 11.1 Å². The van der Waals surface area contributed by atoms with Gasteiger partial charge >= 0.3 is 5.97 Å². The topological polar surface area (TPSA) is 106 Å². The van der Waals surface area contributed by atoms with Crippen LogP contribution in [0, 0.1) is 0 Å². The molecule has 18 heavy (non-hydrogen) atoms. The molecule has 0 amide bonds. The Morgan fingerprint density at radius 3 is 2.94 bits per heavy atom. The number of aryl methyl sites for hydroxylation is 1. The second kappa shape index (κ2) is 4.74. The summed E-state index contributed by atoms with van der Waals surface area (Å²) in [5.74, 6) is -0.440. The first-order chi connectivity index (χ1) is 8.58. The number of anilines is 2. The Bertz CT molecular complexity index is 579. The molecule has 94 valence electrons. The van der Waals surface area contributed by atoms with Gasteiger partial charge in [0, 0.05) is 7.05 Å². The van der Waals surface area contributed by atoms with Crippen molar-refractivity contribution in [1.29, 1.82) is 0 Å². The second-order valence-corrected chi connectivity index (χ2v) is 3.76. The normalized spacial score (nSPS) is 10.3. The first kappa shape index (κ1) is 11.9. The van der Waals surface area contributed by atoms with Gasteiger partial charge in [0.25, 0.3) is 0 Å². The summed E-state index contributed by atoms with van der Waals surface area (Å²) in [6.07, 6.45) is 1.59. The molecule has 0 aliphatic rings. The van der Waals surface area contributed by atoms with Crippen LogP contribution in [-0.2, 0) is 13.6 Å². The van der Waals surface area contributed by atoms with Crippen molar-refractivity contribution in [2.45, 2.75) is 6.54 Å². The summed E-state index contributed by atoms with van der Waals surface area (Å²) in [4.78, 5) is 15.0. The first-order valence-electron chi connectivity index (χ1n) is 5.28. The molecule has 0 aliphatic heterocycles. The molecule has 2 aromatic rings. The van der Waals surface area contributed by atoms with Gasteiger partial charge < -0.3 is 16.2 Å². The predicted molar refractivity (Wildman–Crippen MR) is 66.1 cm³/mol. The average Bonchev–Trinajstić information content (AvgIpc) is 2.73. The van der Waals surface area contributed by atoms with Gasteiger partial charge in [0.15, 0.2) is 5.82 Å². The number of aromatic nitrogens is 3. The van der Waals surface area contributed by atoms with Gasteiger partial charge in [0.05, 0.1) is 23.5 Å². The number of nitrogen functional groups attached to an aromatic ring is 1. The van der Waals surface area contributed by atoms with Crippen LogP contribution in [0.4, 0.5) is 11.4 Å². The van der Waals surface area contributed by atoms with Crippen LogP contribution >= 0.6 is 0 Å². The summed E-state index contributed by atoms with van der Waals surface area (Å²) in [6.45, 7) is 0.383. The van der Waals surface area contributed by atoms with Crippen LogP contribution in [0.3, 0.4) is 0 Å². The smallest absolute Gasteiger partial charge is 0.337 e. The standard InChI is InChI=1S/C11H13N5O2/c1-16-6-14-9(15-16)5-13-8-4-2-3-7(10(8)12)11(17)18/h2-4,6,13H,5,12H2,1H3,(H,17,18). The highest BCUT2D eigenvalue weighted by Gasteiger charge is 2.11. The minimum Gasteiger partial charge on any atom is -0.478 e. The third-order valence-electron chi connectivity index (χ3n) is 2.42. The van der Waals surface area contributed by atoms with E-state index in [0.29, 0.717) is 18.1 Å². The molecule has 7 heteroatoms. The molecule has 0 bridgehead atoms. The van der Waals surface area contributed by atoms with Crippen LogP contribution in [0.1, 0.15) is 16.2 Å². The number of nitrogens with one attached hydrogen (secondary N) is 1. The molecule has 0 saturated heterocycles. The summed E-state index contributed by atoms with van der Waals surface area (Å²) < 4.78 is 1.59. The largest absolute Gasteiger partial charge is 0.478 e. The van der Waals surface area contributed by atoms with Gasteiger partial charge in [-0.2, -0.15) is 5.10 Å². The molecule has 0 atom stereocenters. The van der Waals surface area contributed by atoms with E-state index < -0.39 is 5.97 Å². The van der Waals surface area contributed by atoms with Crippen molar-refractivity contribution in [2.24, 2.45) is 7.05 Å². The summed E-state index contributed by atoms with van der Waals surface area (Å²) in [5.41, 5.74) is 6.61. The van der Waals surface area contributed by atoms with Crippen molar-refractivity contribution < 1.29 is 9.90 Å². The summed E-state index contributed by atoms with van der Waals surface area (Å²) >= 11 is 0. The maximum atomic E-state index is 10.9. The highest BCUT2D eigenvalue weighted by Crippen LogP contribution is 2.22. The molecule has 0 spiro atoms. The summed E-state index contributed by atoms with van der Waals surface area (Å²) in [5, 5.41) is 16.1. The fourth-order valence-electron chi connectivity index (χ4n) is 1.55. The Balaban J connectivity index is 2.14.